The molecule has 0 aliphatic heterocycles. The van der Waals surface area contributed by atoms with E-state index in [1.807, 2.05) is 38.1 Å². The van der Waals surface area contributed by atoms with Gasteiger partial charge in [-0.05, 0) is 37.1 Å². The maximum atomic E-state index is 8.81. The lowest BCUT2D eigenvalue weighted by Crippen LogP contribution is -1.98. The zero-order chi connectivity index (χ0) is 12.0. The second-order valence-corrected chi connectivity index (χ2v) is 3.80. The van der Waals surface area contributed by atoms with Crippen LogP contribution in [0.2, 0.25) is 0 Å². The number of benzene rings is 1. The van der Waals surface area contributed by atoms with E-state index in [1.54, 1.807) is 0 Å². The molecular weight excluding hydrogens is 222 g/mol. The number of alkyl halides is 1. The summed E-state index contributed by atoms with van der Waals surface area (Å²) >= 11 is 5.51. The Labute approximate surface area is 101 Å². The summed E-state index contributed by atoms with van der Waals surface area (Å²) in [5.74, 6) is 1.34. The summed E-state index contributed by atoms with van der Waals surface area (Å²) in [5, 5.41) is 8.81. The highest BCUT2D eigenvalue weighted by atomic mass is 35.5. The average molecular weight is 236 g/mol. The molecule has 1 aromatic rings. The van der Waals surface area contributed by atoms with Gasteiger partial charge >= 0.3 is 0 Å². The van der Waals surface area contributed by atoms with E-state index in [9.17, 15) is 0 Å². The molecule has 2 nitrogen and oxygen atoms in total. The molecule has 0 saturated carbocycles. The van der Waals surface area contributed by atoms with Gasteiger partial charge in [-0.2, -0.15) is 5.26 Å². The Kier molecular flexibility index (Phi) is 4.88. The molecule has 0 N–H and O–H groups in total. The van der Waals surface area contributed by atoms with Gasteiger partial charge in [0.05, 0.1) is 11.6 Å². The number of nitriles is 1. The molecule has 0 unspecified atom stereocenters. The fraction of sp³-hybridized carbons (Fsp3) is 0.308. The second kappa shape index (κ2) is 6.19. The third-order valence-corrected chi connectivity index (χ3v) is 2.35. The van der Waals surface area contributed by atoms with Crippen LogP contribution in [0.4, 0.5) is 0 Å². The topological polar surface area (TPSA) is 33.0 Å². The molecule has 3 heteroatoms. The molecule has 1 rings (SSSR count). The first kappa shape index (κ1) is 12.6. The van der Waals surface area contributed by atoms with Crippen molar-refractivity contribution < 1.29 is 4.74 Å². The van der Waals surface area contributed by atoms with Crippen molar-refractivity contribution >= 4 is 11.6 Å². The minimum Gasteiger partial charge on any atom is -0.489 e. The summed E-state index contributed by atoms with van der Waals surface area (Å²) < 4.78 is 5.61. The second-order valence-electron chi connectivity index (χ2n) is 3.49. The summed E-state index contributed by atoms with van der Waals surface area (Å²) in [6.45, 7) is 4.38. The number of halogens is 1. The minimum absolute atomic E-state index is 0.495. The van der Waals surface area contributed by atoms with Crippen molar-refractivity contribution in [2.24, 2.45) is 0 Å². The van der Waals surface area contributed by atoms with Gasteiger partial charge in [0.25, 0.3) is 0 Å². The highest BCUT2D eigenvalue weighted by Gasteiger charge is 2.05. The van der Waals surface area contributed by atoms with Crippen molar-refractivity contribution in [1.29, 1.82) is 5.26 Å². The molecule has 0 aliphatic rings. The van der Waals surface area contributed by atoms with Gasteiger partial charge in [0.1, 0.15) is 12.4 Å². The first-order valence-electron chi connectivity index (χ1n) is 5.04. The van der Waals surface area contributed by atoms with Crippen LogP contribution in [-0.2, 0) is 0 Å². The molecule has 1 aromatic carbocycles. The number of aryl methyl sites for hydroxylation is 2. The molecule has 0 aromatic heterocycles. The van der Waals surface area contributed by atoms with Gasteiger partial charge in [0.15, 0.2) is 0 Å². The van der Waals surface area contributed by atoms with E-state index in [2.05, 4.69) is 6.07 Å². The summed E-state index contributed by atoms with van der Waals surface area (Å²) in [5.41, 5.74) is 2.63. The van der Waals surface area contributed by atoms with Crippen LogP contribution < -0.4 is 4.74 Å². The van der Waals surface area contributed by atoms with Gasteiger partial charge in [-0.25, -0.2) is 0 Å². The Morgan fingerprint density at radius 2 is 1.94 bits per heavy atom. The van der Waals surface area contributed by atoms with E-state index in [0.29, 0.717) is 18.1 Å². The predicted molar refractivity (Wildman–Crippen MR) is 66.0 cm³/mol. The largest absolute Gasteiger partial charge is 0.489 e. The lowest BCUT2D eigenvalue weighted by Gasteiger charge is -2.10. The molecule has 0 fully saturated rings. The molecule has 0 atom stereocenters. The number of ether oxygens (including phenoxy) is 1. The molecular formula is C13H14ClNO. The number of hydrogen-bond donors (Lipinski definition) is 0. The first-order valence-corrected chi connectivity index (χ1v) is 5.57. The normalized spacial score (nSPS) is 10.4. The molecule has 0 amide bonds. The fourth-order valence-electron chi connectivity index (χ4n) is 1.50. The van der Waals surface area contributed by atoms with Crippen molar-refractivity contribution in [3.8, 4) is 11.8 Å². The Hall–Kier alpha value is -1.46. The van der Waals surface area contributed by atoms with Crippen LogP contribution in [0, 0.1) is 25.2 Å². The Balaban J connectivity index is 2.81. The Bertz CT molecular complexity index is 409. The molecule has 0 saturated heterocycles. The van der Waals surface area contributed by atoms with E-state index in [4.69, 9.17) is 21.6 Å². The van der Waals surface area contributed by atoms with Crippen molar-refractivity contribution in [1.82, 2.24) is 0 Å². The fourth-order valence-corrected chi connectivity index (χ4v) is 1.63. The number of nitrogens with zero attached hydrogens (tertiary/aromatic N) is 1. The SMILES string of the molecule is Cc1cc(C#N)cc(C)c1OCC=CCCl. The van der Waals surface area contributed by atoms with Crippen LogP contribution in [-0.4, -0.2) is 12.5 Å². The van der Waals surface area contributed by atoms with Gasteiger partial charge in [-0.1, -0.05) is 12.2 Å². The van der Waals surface area contributed by atoms with Crippen molar-refractivity contribution in [3.63, 3.8) is 0 Å². The zero-order valence-corrected chi connectivity index (χ0v) is 10.2. The minimum atomic E-state index is 0.495. The standard InChI is InChI=1S/C13H14ClNO/c1-10-7-12(9-15)8-11(2)13(10)16-6-4-3-5-14/h3-4,7-8H,5-6H2,1-2H3. The van der Waals surface area contributed by atoms with Crippen molar-refractivity contribution in [2.45, 2.75) is 13.8 Å². The van der Waals surface area contributed by atoms with Gasteiger partial charge in [0.2, 0.25) is 0 Å². The maximum absolute atomic E-state index is 8.81. The van der Waals surface area contributed by atoms with Crippen LogP contribution in [0.1, 0.15) is 16.7 Å². The van der Waals surface area contributed by atoms with Crippen LogP contribution in [0.15, 0.2) is 24.3 Å². The van der Waals surface area contributed by atoms with Gasteiger partial charge in [0, 0.05) is 5.88 Å². The third-order valence-electron chi connectivity index (χ3n) is 2.17. The monoisotopic (exact) mass is 235 g/mol. The lowest BCUT2D eigenvalue weighted by molar-refractivity contribution is 0.357. The van der Waals surface area contributed by atoms with Crippen LogP contribution in [0.3, 0.4) is 0 Å². The van der Waals surface area contributed by atoms with Gasteiger partial charge < -0.3 is 4.74 Å². The molecule has 0 aliphatic carbocycles. The highest BCUT2D eigenvalue weighted by Crippen LogP contribution is 2.24. The maximum Gasteiger partial charge on any atom is 0.125 e. The molecule has 0 bridgehead atoms. The number of allylic oxidation sites excluding steroid dienone is 1. The van der Waals surface area contributed by atoms with Crippen LogP contribution in [0.5, 0.6) is 5.75 Å². The predicted octanol–water partition coefficient (Wildman–Crippen LogP) is 3.35. The van der Waals surface area contributed by atoms with E-state index in [1.165, 1.54) is 0 Å². The summed E-state index contributed by atoms with van der Waals surface area (Å²) in [6.07, 6.45) is 3.72. The first-order chi connectivity index (χ1) is 7.69. The summed E-state index contributed by atoms with van der Waals surface area (Å²) in [4.78, 5) is 0. The molecule has 0 heterocycles. The molecule has 0 radical (unpaired) electrons. The third kappa shape index (κ3) is 3.29. The average Bonchev–Trinajstić information content (AvgIpc) is 2.26. The van der Waals surface area contributed by atoms with Crippen molar-refractivity contribution in [2.75, 3.05) is 12.5 Å². The van der Waals surface area contributed by atoms with E-state index in [-0.39, 0.29) is 0 Å². The van der Waals surface area contributed by atoms with E-state index in [0.717, 1.165) is 16.9 Å². The Morgan fingerprint density at radius 1 is 1.31 bits per heavy atom. The highest BCUT2D eigenvalue weighted by molar-refractivity contribution is 6.18. The molecule has 16 heavy (non-hydrogen) atoms. The summed E-state index contributed by atoms with van der Waals surface area (Å²) in [7, 11) is 0. The van der Waals surface area contributed by atoms with Crippen molar-refractivity contribution in [3.05, 3.63) is 41.0 Å². The van der Waals surface area contributed by atoms with Crippen LogP contribution in [0.25, 0.3) is 0 Å². The summed E-state index contributed by atoms with van der Waals surface area (Å²) in [6, 6.07) is 5.78. The smallest absolute Gasteiger partial charge is 0.125 e. The van der Waals surface area contributed by atoms with Gasteiger partial charge in [-0.15, -0.1) is 11.6 Å². The molecule has 84 valence electrons. The molecule has 0 spiro atoms. The zero-order valence-electron chi connectivity index (χ0n) is 9.46. The Morgan fingerprint density at radius 3 is 2.44 bits per heavy atom. The quantitative estimate of drug-likeness (QED) is 0.592. The lowest BCUT2D eigenvalue weighted by atomic mass is 10.1. The van der Waals surface area contributed by atoms with Crippen LogP contribution >= 0.6 is 11.6 Å². The van der Waals surface area contributed by atoms with E-state index < -0.39 is 0 Å². The van der Waals surface area contributed by atoms with Gasteiger partial charge in [-0.3, -0.25) is 0 Å². The number of rotatable bonds is 4. The number of hydrogen-bond acceptors (Lipinski definition) is 2. The van der Waals surface area contributed by atoms with E-state index >= 15 is 0 Å².